The normalized spacial score (nSPS) is 10.5. The molecule has 0 aromatic carbocycles. The first kappa shape index (κ1) is 10.4. The van der Waals surface area contributed by atoms with Crippen LogP contribution in [-0.2, 0) is 6.42 Å². The van der Waals surface area contributed by atoms with E-state index in [1.54, 1.807) is 0 Å². The number of rotatable bonds is 4. The Hall–Kier alpha value is -1.07. The Labute approximate surface area is 95.9 Å². The SMILES string of the molecule is CCCc1nnsc1C(=O)c1cccs1. The van der Waals surface area contributed by atoms with Gasteiger partial charge in [0.2, 0.25) is 5.78 Å². The molecule has 0 saturated carbocycles. The Morgan fingerprint density at radius 3 is 3.07 bits per heavy atom. The lowest BCUT2D eigenvalue weighted by atomic mass is 10.2. The third kappa shape index (κ3) is 2.13. The Morgan fingerprint density at radius 1 is 1.53 bits per heavy atom. The van der Waals surface area contributed by atoms with Gasteiger partial charge in [-0.15, -0.1) is 16.4 Å². The molecule has 0 amide bonds. The number of carbonyl (C=O) groups is 1. The molecular weight excluding hydrogens is 228 g/mol. The molecule has 0 atom stereocenters. The number of hydrogen-bond acceptors (Lipinski definition) is 5. The van der Waals surface area contributed by atoms with E-state index in [-0.39, 0.29) is 5.78 Å². The van der Waals surface area contributed by atoms with Crippen molar-refractivity contribution in [3.63, 3.8) is 0 Å². The Bertz CT molecular complexity index is 448. The van der Waals surface area contributed by atoms with Crippen LogP contribution < -0.4 is 0 Å². The zero-order chi connectivity index (χ0) is 10.7. The zero-order valence-electron chi connectivity index (χ0n) is 8.27. The van der Waals surface area contributed by atoms with E-state index in [2.05, 4.69) is 16.5 Å². The maximum absolute atomic E-state index is 12.0. The second-order valence-electron chi connectivity index (χ2n) is 3.11. The Morgan fingerprint density at radius 2 is 2.40 bits per heavy atom. The predicted molar refractivity (Wildman–Crippen MR) is 61.7 cm³/mol. The third-order valence-electron chi connectivity index (χ3n) is 1.99. The summed E-state index contributed by atoms with van der Waals surface area (Å²) in [4.78, 5) is 13.5. The second-order valence-corrected chi connectivity index (χ2v) is 4.81. The van der Waals surface area contributed by atoms with E-state index in [9.17, 15) is 4.79 Å². The van der Waals surface area contributed by atoms with Gasteiger partial charge in [0.05, 0.1) is 10.6 Å². The maximum atomic E-state index is 12.0. The van der Waals surface area contributed by atoms with Gasteiger partial charge in [-0.1, -0.05) is 23.9 Å². The highest BCUT2D eigenvalue weighted by molar-refractivity contribution is 7.14. The molecule has 5 heteroatoms. The summed E-state index contributed by atoms with van der Waals surface area (Å²) < 4.78 is 3.85. The lowest BCUT2D eigenvalue weighted by Crippen LogP contribution is -2.00. The molecule has 78 valence electrons. The van der Waals surface area contributed by atoms with Gasteiger partial charge in [0.15, 0.2) is 0 Å². The number of carbonyl (C=O) groups excluding carboxylic acids is 1. The molecule has 15 heavy (non-hydrogen) atoms. The monoisotopic (exact) mass is 238 g/mol. The van der Waals surface area contributed by atoms with Crippen LogP contribution in [0, 0.1) is 0 Å². The van der Waals surface area contributed by atoms with Crippen LogP contribution in [0.2, 0.25) is 0 Å². The number of nitrogens with zero attached hydrogens (tertiary/aromatic N) is 2. The molecule has 0 unspecified atom stereocenters. The van der Waals surface area contributed by atoms with Crippen LogP contribution in [0.3, 0.4) is 0 Å². The number of aromatic nitrogens is 2. The van der Waals surface area contributed by atoms with Gasteiger partial charge in [-0.2, -0.15) is 0 Å². The van der Waals surface area contributed by atoms with Crippen molar-refractivity contribution in [3.8, 4) is 0 Å². The topological polar surface area (TPSA) is 42.9 Å². The molecule has 0 bridgehead atoms. The van der Waals surface area contributed by atoms with E-state index >= 15 is 0 Å². The second kappa shape index (κ2) is 4.63. The van der Waals surface area contributed by atoms with Crippen molar-refractivity contribution in [1.82, 2.24) is 9.59 Å². The Kier molecular flexibility index (Phi) is 3.23. The van der Waals surface area contributed by atoms with Crippen LogP contribution in [0.5, 0.6) is 0 Å². The number of ketones is 1. The molecule has 0 aliphatic carbocycles. The van der Waals surface area contributed by atoms with Crippen molar-refractivity contribution >= 4 is 28.7 Å². The van der Waals surface area contributed by atoms with Gasteiger partial charge in [-0.25, -0.2) is 0 Å². The summed E-state index contributed by atoms with van der Waals surface area (Å²) in [6.07, 6.45) is 1.80. The highest BCUT2D eigenvalue weighted by atomic mass is 32.1. The van der Waals surface area contributed by atoms with Crippen LogP contribution in [-0.4, -0.2) is 15.4 Å². The van der Waals surface area contributed by atoms with E-state index in [0.29, 0.717) is 4.88 Å². The molecule has 0 aliphatic heterocycles. The van der Waals surface area contributed by atoms with Gasteiger partial charge < -0.3 is 0 Å². The first-order chi connectivity index (χ1) is 7.33. The van der Waals surface area contributed by atoms with Crippen molar-refractivity contribution in [2.45, 2.75) is 19.8 Å². The van der Waals surface area contributed by atoms with Gasteiger partial charge in [0.1, 0.15) is 4.88 Å². The fourth-order valence-electron chi connectivity index (χ4n) is 1.30. The van der Waals surface area contributed by atoms with Crippen molar-refractivity contribution in [2.24, 2.45) is 0 Å². The van der Waals surface area contributed by atoms with E-state index in [0.717, 1.165) is 23.4 Å². The van der Waals surface area contributed by atoms with E-state index in [4.69, 9.17) is 0 Å². The smallest absolute Gasteiger partial charge is 0.216 e. The highest BCUT2D eigenvalue weighted by Crippen LogP contribution is 2.20. The Balaban J connectivity index is 2.29. The van der Waals surface area contributed by atoms with Gasteiger partial charge >= 0.3 is 0 Å². The molecule has 2 heterocycles. The average Bonchev–Trinajstić information content (AvgIpc) is 2.87. The van der Waals surface area contributed by atoms with Crippen molar-refractivity contribution < 1.29 is 4.79 Å². The maximum Gasteiger partial charge on any atom is 0.216 e. The van der Waals surface area contributed by atoms with Gasteiger partial charge in [-0.3, -0.25) is 4.79 Å². The highest BCUT2D eigenvalue weighted by Gasteiger charge is 2.17. The summed E-state index contributed by atoms with van der Waals surface area (Å²) >= 11 is 2.65. The van der Waals surface area contributed by atoms with Gasteiger partial charge in [0.25, 0.3) is 0 Å². The van der Waals surface area contributed by atoms with E-state index in [1.165, 1.54) is 22.9 Å². The van der Waals surface area contributed by atoms with Crippen molar-refractivity contribution in [1.29, 1.82) is 0 Å². The van der Waals surface area contributed by atoms with Crippen LogP contribution in [0.25, 0.3) is 0 Å². The number of thiophene rings is 1. The molecule has 2 aromatic heterocycles. The standard InChI is InChI=1S/C10H10N2OS2/c1-2-4-7-10(15-12-11-7)9(13)8-5-3-6-14-8/h3,5-6H,2,4H2,1H3. The minimum absolute atomic E-state index is 0.0588. The molecule has 2 rings (SSSR count). The fraction of sp³-hybridized carbons (Fsp3) is 0.300. The van der Waals surface area contributed by atoms with Crippen molar-refractivity contribution in [2.75, 3.05) is 0 Å². The van der Waals surface area contributed by atoms with Gasteiger partial charge in [-0.05, 0) is 29.4 Å². The van der Waals surface area contributed by atoms with Crippen molar-refractivity contribution in [3.05, 3.63) is 33.0 Å². The molecule has 0 spiro atoms. The van der Waals surface area contributed by atoms with Crippen LogP contribution in [0.4, 0.5) is 0 Å². The van der Waals surface area contributed by atoms with Crippen LogP contribution in [0.1, 0.15) is 33.6 Å². The minimum atomic E-state index is 0.0588. The largest absolute Gasteiger partial charge is 0.287 e. The lowest BCUT2D eigenvalue weighted by Gasteiger charge is -1.95. The lowest BCUT2D eigenvalue weighted by molar-refractivity contribution is 0.104. The molecule has 0 saturated heterocycles. The third-order valence-corrected chi connectivity index (χ3v) is 3.63. The molecule has 3 nitrogen and oxygen atoms in total. The summed E-state index contributed by atoms with van der Waals surface area (Å²) in [5, 5.41) is 5.89. The predicted octanol–water partition coefficient (Wildman–Crippen LogP) is 2.78. The van der Waals surface area contributed by atoms with Crippen LogP contribution >= 0.6 is 22.9 Å². The van der Waals surface area contributed by atoms with E-state index in [1.807, 2.05) is 17.5 Å². The van der Waals surface area contributed by atoms with Crippen LogP contribution in [0.15, 0.2) is 17.5 Å². The fourth-order valence-corrected chi connectivity index (χ4v) is 2.70. The first-order valence-electron chi connectivity index (χ1n) is 4.72. The zero-order valence-corrected chi connectivity index (χ0v) is 9.90. The number of hydrogen-bond donors (Lipinski definition) is 0. The quantitative estimate of drug-likeness (QED) is 0.769. The number of aryl methyl sites for hydroxylation is 1. The van der Waals surface area contributed by atoms with E-state index < -0.39 is 0 Å². The summed E-state index contributed by atoms with van der Waals surface area (Å²) in [6, 6.07) is 3.72. The minimum Gasteiger partial charge on any atom is -0.287 e. The average molecular weight is 238 g/mol. The molecule has 0 radical (unpaired) electrons. The summed E-state index contributed by atoms with van der Waals surface area (Å²) in [7, 11) is 0. The molecule has 0 aliphatic rings. The molecule has 2 aromatic rings. The summed E-state index contributed by atoms with van der Waals surface area (Å²) in [5.41, 5.74) is 0.834. The first-order valence-corrected chi connectivity index (χ1v) is 6.37. The van der Waals surface area contributed by atoms with Gasteiger partial charge in [0, 0.05) is 0 Å². The summed E-state index contributed by atoms with van der Waals surface area (Å²) in [6.45, 7) is 2.07. The molecule has 0 N–H and O–H groups in total. The molecule has 0 fully saturated rings. The molecular formula is C10H10N2OS2. The summed E-state index contributed by atoms with van der Waals surface area (Å²) in [5.74, 6) is 0.0588.